The molecule has 3 nitrogen and oxygen atoms in total. The molecule has 0 amide bonds. The van der Waals surface area contributed by atoms with E-state index in [0.717, 1.165) is 11.0 Å². The molecule has 0 saturated heterocycles. The van der Waals surface area contributed by atoms with Gasteiger partial charge in [0.15, 0.2) is 0 Å². The van der Waals surface area contributed by atoms with Gasteiger partial charge in [0.05, 0.1) is 6.42 Å². The number of aliphatic carboxylic acids is 1. The average molecular weight is 314 g/mol. The monoisotopic (exact) mass is 313 g/mol. The van der Waals surface area contributed by atoms with Crippen molar-refractivity contribution in [2.75, 3.05) is 6.54 Å². The summed E-state index contributed by atoms with van der Waals surface area (Å²) in [5.41, 5.74) is 1.20. The van der Waals surface area contributed by atoms with Gasteiger partial charge in [-0.15, -0.1) is 0 Å². The lowest BCUT2D eigenvalue weighted by molar-refractivity contribution is -0.138. The summed E-state index contributed by atoms with van der Waals surface area (Å²) in [5.74, 6) is -0.748. The molecular formula is C14H20BrNO2. The Kier molecular flexibility index (Phi) is 5.82. The molecule has 0 bridgehead atoms. The summed E-state index contributed by atoms with van der Waals surface area (Å²) in [5, 5.41) is 8.89. The average Bonchev–Trinajstić information content (AvgIpc) is 2.28. The molecule has 1 aromatic rings. The van der Waals surface area contributed by atoms with E-state index in [4.69, 9.17) is 5.11 Å². The third kappa shape index (κ3) is 4.10. The van der Waals surface area contributed by atoms with Gasteiger partial charge in [0, 0.05) is 16.6 Å². The Morgan fingerprint density at radius 3 is 2.61 bits per heavy atom. The number of benzene rings is 1. The first kappa shape index (κ1) is 15.2. The van der Waals surface area contributed by atoms with Gasteiger partial charge in [-0.05, 0) is 38.1 Å². The van der Waals surface area contributed by atoms with Crippen LogP contribution in [-0.4, -0.2) is 28.6 Å². The quantitative estimate of drug-likeness (QED) is 0.870. The van der Waals surface area contributed by atoms with Crippen LogP contribution in [0, 0.1) is 0 Å². The van der Waals surface area contributed by atoms with E-state index in [1.165, 1.54) is 5.56 Å². The van der Waals surface area contributed by atoms with E-state index in [-0.39, 0.29) is 18.5 Å². The van der Waals surface area contributed by atoms with E-state index in [2.05, 4.69) is 46.8 Å². The Morgan fingerprint density at radius 2 is 2.11 bits per heavy atom. The number of carboxylic acids is 1. The van der Waals surface area contributed by atoms with Gasteiger partial charge in [0.1, 0.15) is 0 Å². The van der Waals surface area contributed by atoms with Crippen molar-refractivity contribution in [3.8, 4) is 0 Å². The second-order valence-electron chi connectivity index (χ2n) is 4.51. The van der Waals surface area contributed by atoms with Crippen LogP contribution in [0.4, 0.5) is 0 Å². The molecule has 0 heterocycles. The minimum absolute atomic E-state index is 0.0291. The minimum Gasteiger partial charge on any atom is -0.481 e. The molecule has 0 aliphatic heterocycles. The van der Waals surface area contributed by atoms with Crippen LogP contribution in [0.25, 0.3) is 0 Å². The molecule has 0 aliphatic carbocycles. The molecule has 2 unspecified atom stereocenters. The van der Waals surface area contributed by atoms with Gasteiger partial charge in [0.2, 0.25) is 0 Å². The third-order valence-electron chi connectivity index (χ3n) is 3.23. The second kappa shape index (κ2) is 6.90. The molecule has 100 valence electrons. The Balaban J connectivity index is 2.84. The highest BCUT2D eigenvalue weighted by Crippen LogP contribution is 2.25. The summed E-state index contributed by atoms with van der Waals surface area (Å²) >= 11 is 3.47. The van der Waals surface area contributed by atoms with E-state index >= 15 is 0 Å². The molecule has 0 aromatic heterocycles. The number of carboxylic acid groups (broad SMARTS) is 1. The lowest BCUT2D eigenvalue weighted by Gasteiger charge is -2.33. The largest absolute Gasteiger partial charge is 0.481 e. The van der Waals surface area contributed by atoms with Gasteiger partial charge in [0.25, 0.3) is 0 Å². The van der Waals surface area contributed by atoms with Crippen LogP contribution in [0.3, 0.4) is 0 Å². The predicted octanol–water partition coefficient (Wildman–Crippen LogP) is 3.70. The standard InChI is InChI=1S/C14H20BrNO2/c1-4-16(10(2)8-14(17)18)11(3)12-6-5-7-13(15)9-12/h5-7,9-11H,4,8H2,1-3H3,(H,17,18). The summed E-state index contributed by atoms with van der Waals surface area (Å²) in [7, 11) is 0. The maximum Gasteiger partial charge on any atom is 0.304 e. The van der Waals surface area contributed by atoms with Crippen molar-refractivity contribution in [2.24, 2.45) is 0 Å². The van der Waals surface area contributed by atoms with E-state index in [1.807, 2.05) is 19.1 Å². The van der Waals surface area contributed by atoms with Crippen molar-refractivity contribution < 1.29 is 9.90 Å². The summed E-state index contributed by atoms with van der Waals surface area (Å²) in [6.45, 7) is 6.98. The van der Waals surface area contributed by atoms with Gasteiger partial charge >= 0.3 is 5.97 Å². The summed E-state index contributed by atoms with van der Waals surface area (Å²) in [6.07, 6.45) is 0.173. The fourth-order valence-corrected chi connectivity index (χ4v) is 2.71. The first-order valence-corrected chi connectivity index (χ1v) is 6.98. The lowest BCUT2D eigenvalue weighted by atomic mass is 10.0. The van der Waals surface area contributed by atoms with Crippen LogP contribution in [0.1, 0.15) is 38.8 Å². The summed E-state index contributed by atoms with van der Waals surface area (Å²) < 4.78 is 1.05. The van der Waals surface area contributed by atoms with Crippen molar-refractivity contribution in [2.45, 2.75) is 39.3 Å². The summed E-state index contributed by atoms with van der Waals surface area (Å²) in [4.78, 5) is 13.0. The Bertz CT molecular complexity index is 409. The molecule has 0 aliphatic rings. The van der Waals surface area contributed by atoms with E-state index in [0.29, 0.717) is 0 Å². The molecule has 4 heteroatoms. The zero-order valence-corrected chi connectivity index (χ0v) is 12.6. The van der Waals surface area contributed by atoms with Gasteiger partial charge in [-0.3, -0.25) is 9.69 Å². The van der Waals surface area contributed by atoms with Gasteiger partial charge in [-0.1, -0.05) is 35.0 Å². The van der Waals surface area contributed by atoms with Crippen molar-refractivity contribution >= 4 is 21.9 Å². The molecule has 1 aromatic carbocycles. The summed E-state index contributed by atoms with van der Waals surface area (Å²) in [6, 6.07) is 8.40. The number of hydrogen-bond acceptors (Lipinski definition) is 2. The van der Waals surface area contributed by atoms with Crippen LogP contribution in [0.2, 0.25) is 0 Å². The molecule has 18 heavy (non-hydrogen) atoms. The molecule has 1 N–H and O–H groups in total. The highest BCUT2D eigenvalue weighted by molar-refractivity contribution is 9.10. The third-order valence-corrected chi connectivity index (χ3v) is 3.72. The van der Waals surface area contributed by atoms with Gasteiger partial charge < -0.3 is 5.11 Å². The normalized spacial score (nSPS) is 14.5. The zero-order chi connectivity index (χ0) is 13.7. The van der Waals surface area contributed by atoms with Crippen LogP contribution in [-0.2, 0) is 4.79 Å². The molecule has 0 spiro atoms. The Morgan fingerprint density at radius 1 is 1.44 bits per heavy atom. The fourth-order valence-electron chi connectivity index (χ4n) is 2.30. The van der Waals surface area contributed by atoms with Crippen LogP contribution >= 0.6 is 15.9 Å². The highest BCUT2D eigenvalue weighted by atomic mass is 79.9. The molecule has 2 atom stereocenters. The molecule has 1 rings (SSSR count). The topological polar surface area (TPSA) is 40.5 Å². The lowest BCUT2D eigenvalue weighted by Crippen LogP contribution is -2.36. The van der Waals surface area contributed by atoms with Crippen LogP contribution < -0.4 is 0 Å². The van der Waals surface area contributed by atoms with Crippen molar-refractivity contribution in [3.63, 3.8) is 0 Å². The van der Waals surface area contributed by atoms with Crippen LogP contribution in [0.15, 0.2) is 28.7 Å². The zero-order valence-electron chi connectivity index (χ0n) is 11.1. The number of nitrogens with zero attached hydrogens (tertiary/aromatic N) is 1. The smallest absolute Gasteiger partial charge is 0.304 e. The molecule has 0 fully saturated rings. The van der Waals surface area contributed by atoms with Crippen molar-refractivity contribution in [3.05, 3.63) is 34.3 Å². The van der Waals surface area contributed by atoms with Crippen molar-refractivity contribution in [1.29, 1.82) is 0 Å². The second-order valence-corrected chi connectivity index (χ2v) is 5.42. The maximum absolute atomic E-state index is 10.8. The van der Waals surface area contributed by atoms with Crippen LogP contribution in [0.5, 0.6) is 0 Å². The van der Waals surface area contributed by atoms with Gasteiger partial charge in [-0.25, -0.2) is 0 Å². The first-order valence-electron chi connectivity index (χ1n) is 6.18. The Labute approximate surface area is 117 Å². The fraction of sp³-hybridized carbons (Fsp3) is 0.500. The highest BCUT2D eigenvalue weighted by Gasteiger charge is 2.21. The predicted molar refractivity (Wildman–Crippen MR) is 76.7 cm³/mol. The van der Waals surface area contributed by atoms with E-state index in [9.17, 15) is 4.79 Å². The molecule has 0 saturated carbocycles. The van der Waals surface area contributed by atoms with E-state index < -0.39 is 5.97 Å². The Hall–Kier alpha value is -0.870. The first-order chi connectivity index (χ1) is 8.45. The minimum atomic E-state index is -0.748. The number of carbonyl (C=O) groups is 1. The molecular weight excluding hydrogens is 294 g/mol. The van der Waals surface area contributed by atoms with Gasteiger partial charge in [-0.2, -0.15) is 0 Å². The van der Waals surface area contributed by atoms with E-state index in [1.54, 1.807) is 0 Å². The van der Waals surface area contributed by atoms with Crippen molar-refractivity contribution in [1.82, 2.24) is 4.90 Å². The number of halogens is 1. The molecule has 0 radical (unpaired) electrons. The number of hydrogen-bond donors (Lipinski definition) is 1. The maximum atomic E-state index is 10.8. The SMILES string of the molecule is CCN(C(C)CC(=O)O)C(C)c1cccc(Br)c1. The number of rotatable bonds is 6.